The molecule has 2 aromatic carbocycles. The van der Waals surface area contributed by atoms with Gasteiger partial charge in [0.15, 0.2) is 0 Å². The molecule has 0 aliphatic heterocycles. The Morgan fingerprint density at radius 1 is 1.17 bits per heavy atom. The first-order valence-corrected chi connectivity index (χ1v) is 7.37. The van der Waals surface area contributed by atoms with Gasteiger partial charge < -0.3 is 10.5 Å². The Kier molecular flexibility index (Phi) is 4.39. The van der Waals surface area contributed by atoms with Gasteiger partial charge in [0, 0.05) is 29.3 Å². The Hall–Kier alpha value is -2.66. The molecule has 5 heteroatoms. The van der Waals surface area contributed by atoms with E-state index in [1.165, 1.54) is 12.1 Å². The summed E-state index contributed by atoms with van der Waals surface area (Å²) in [4.78, 5) is 0. The van der Waals surface area contributed by atoms with Crippen LogP contribution in [0.15, 0.2) is 54.6 Å². The van der Waals surface area contributed by atoms with Crippen molar-refractivity contribution in [3.05, 3.63) is 71.7 Å². The third-order valence-corrected chi connectivity index (χ3v) is 3.85. The molecule has 0 saturated carbocycles. The summed E-state index contributed by atoms with van der Waals surface area (Å²) in [5.41, 5.74) is 9.31. The third-order valence-electron chi connectivity index (χ3n) is 3.85. The average molecular weight is 311 g/mol. The summed E-state index contributed by atoms with van der Waals surface area (Å²) in [7, 11) is 1.56. The second-order valence-corrected chi connectivity index (χ2v) is 5.25. The van der Waals surface area contributed by atoms with Crippen LogP contribution in [0.2, 0.25) is 0 Å². The normalized spacial score (nSPS) is 12.1. The second kappa shape index (κ2) is 6.62. The minimum absolute atomic E-state index is 0.217. The van der Waals surface area contributed by atoms with Crippen LogP contribution in [0.25, 0.3) is 11.3 Å². The Bertz CT molecular complexity index is 786. The summed E-state index contributed by atoms with van der Waals surface area (Å²) >= 11 is 0. The maximum absolute atomic E-state index is 13.6. The zero-order valence-corrected chi connectivity index (χ0v) is 12.8. The number of ether oxygens (including phenoxy) is 1. The van der Waals surface area contributed by atoms with Crippen molar-refractivity contribution in [1.82, 2.24) is 10.2 Å². The first kappa shape index (κ1) is 15.2. The Morgan fingerprint density at radius 2 is 1.96 bits per heavy atom. The van der Waals surface area contributed by atoms with Crippen LogP contribution < -0.4 is 10.5 Å². The average Bonchev–Trinajstić information content (AvgIpc) is 3.06. The van der Waals surface area contributed by atoms with Gasteiger partial charge in [0.25, 0.3) is 0 Å². The lowest BCUT2D eigenvalue weighted by molar-refractivity contribution is 0.406. The monoisotopic (exact) mass is 311 g/mol. The quantitative estimate of drug-likeness (QED) is 0.760. The van der Waals surface area contributed by atoms with Crippen molar-refractivity contribution in [3.63, 3.8) is 0 Å². The molecule has 118 valence electrons. The van der Waals surface area contributed by atoms with E-state index < -0.39 is 0 Å². The number of nitrogens with two attached hydrogens (primary N) is 1. The predicted molar refractivity (Wildman–Crippen MR) is 87.9 cm³/mol. The predicted octanol–water partition coefficient (Wildman–Crippen LogP) is 3.32. The number of halogens is 1. The van der Waals surface area contributed by atoms with Gasteiger partial charge in [-0.05, 0) is 24.3 Å². The van der Waals surface area contributed by atoms with E-state index in [1.807, 2.05) is 36.4 Å². The van der Waals surface area contributed by atoms with Crippen LogP contribution in [-0.2, 0) is 0 Å². The molecule has 4 nitrogen and oxygen atoms in total. The SMILES string of the molecule is COc1ccc(F)cc1C(CN)c1cc(-c2ccccc2)n[nH]1. The van der Waals surface area contributed by atoms with E-state index in [2.05, 4.69) is 10.2 Å². The van der Waals surface area contributed by atoms with Gasteiger partial charge in [0.1, 0.15) is 11.6 Å². The fraction of sp³-hybridized carbons (Fsp3) is 0.167. The summed E-state index contributed by atoms with van der Waals surface area (Å²) in [5, 5.41) is 7.36. The van der Waals surface area contributed by atoms with Crippen LogP contribution in [0, 0.1) is 5.82 Å². The summed E-state index contributed by atoms with van der Waals surface area (Å²) in [5.74, 6) is 0.0744. The second-order valence-electron chi connectivity index (χ2n) is 5.25. The van der Waals surface area contributed by atoms with Crippen molar-refractivity contribution < 1.29 is 9.13 Å². The van der Waals surface area contributed by atoms with E-state index in [4.69, 9.17) is 10.5 Å². The van der Waals surface area contributed by atoms with Crippen molar-refractivity contribution >= 4 is 0 Å². The number of nitrogens with one attached hydrogen (secondary N) is 1. The number of rotatable bonds is 5. The lowest BCUT2D eigenvalue weighted by Gasteiger charge is -2.17. The van der Waals surface area contributed by atoms with Gasteiger partial charge in [0.2, 0.25) is 0 Å². The number of benzene rings is 2. The van der Waals surface area contributed by atoms with Crippen molar-refractivity contribution in [2.75, 3.05) is 13.7 Å². The third kappa shape index (κ3) is 3.10. The number of H-pyrrole nitrogens is 1. The number of hydrogen-bond acceptors (Lipinski definition) is 3. The molecular weight excluding hydrogens is 293 g/mol. The van der Waals surface area contributed by atoms with Crippen molar-refractivity contribution in [2.45, 2.75) is 5.92 Å². The molecular formula is C18H18FN3O. The molecule has 0 aliphatic carbocycles. The Morgan fingerprint density at radius 3 is 2.65 bits per heavy atom. The number of hydrogen-bond donors (Lipinski definition) is 2. The molecule has 0 saturated heterocycles. The fourth-order valence-electron chi connectivity index (χ4n) is 2.67. The molecule has 1 unspecified atom stereocenters. The summed E-state index contributed by atoms with van der Waals surface area (Å²) in [6, 6.07) is 16.2. The van der Waals surface area contributed by atoms with Crippen molar-refractivity contribution in [1.29, 1.82) is 0 Å². The first-order chi connectivity index (χ1) is 11.2. The maximum atomic E-state index is 13.6. The largest absolute Gasteiger partial charge is 0.496 e. The highest BCUT2D eigenvalue weighted by atomic mass is 19.1. The molecule has 3 N–H and O–H groups in total. The van der Waals surface area contributed by atoms with Gasteiger partial charge in [0.05, 0.1) is 12.8 Å². The van der Waals surface area contributed by atoms with Gasteiger partial charge >= 0.3 is 0 Å². The van der Waals surface area contributed by atoms with Gasteiger partial charge in [-0.25, -0.2) is 4.39 Å². The van der Waals surface area contributed by atoms with Crippen molar-refractivity contribution in [2.24, 2.45) is 5.73 Å². The van der Waals surface area contributed by atoms with Gasteiger partial charge in [-0.15, -0.1) is 0 Å². The van der Waals surface area contributed by atoms with Gasteiger partial charge in [-0.3, -0.25) is 5.10 Å². The van der Waals surface area contributed by atoms with Gasteiger partial charge in [-0.2, -0.15) is 5.10 Å². The minimum Gasteiger partial charge on any atom is -0.496 e. The Balaban J connectivity index is 1.99. The zero-order valence-electron chi connectivity index (χ0n) is 12.8. The summed E-state index contributed by atoms with van der Waals surface area (Å²) in [6.07, 6.45) is 0. The maximum Gasteiger partial charge on any atom is 0.123 e. The molecule has 3 aromatic rings. The van der Waals surface area contributed by atoms with E-state index in [-0.39, 0.29) is 11.7 Å². The summed E-state index contributed by atoms with van der Waals surface area (Å²) < 4.78 is 19.0. The zero-order chi connectivity index (χ0) is 16.2. The molecule has 1 atom stereocenters. The number of methoxy groups -OCH3 is 1. The molecule has 1 aromatic heterocycles. The molecule has 0 amide bonds. The molecule has 0 bridgehead atoms. The van der Waals surface area contributed by atoms with E-state index >= 15 is 0 Å². The highest BCUT2D eigenvalue weighted by Crippen LogP contribution is 2.32. The molecule has 0 aliphatic rings. The van der Waals surface area contributed by atoms with Gasteiger partial charge in [-0.1, -0.05) is 30.3 Å². The minimum atomic E-state index is -0.318. The molecule has 0 spiro atoms. The van der Waals surface area contributed by atoms with Crippen LogP contribution in [-0.4, -0.2) is 23.9 Å². The summed E-state index contributed by atoms with van der Waals surface area (Å²) in [6.45, 7) is 0.316. The van der Waals surface area contributed by atoms with Crippen molar-refractivity contribution in [3.8, 4) is 17.0 Å². The Labute approximate surface area is 134 Å². The van der Waals surface area contributed by atoms with E-state index in [0.29, 0.717) is 17.9 Å². The first-order valence-electron chi connectivity index (χ1n) is 7.37. The topological polar surface area (TPSA) is 63.9 Å². The fourth-order valence-corrected chi connectivity index (χ4v) is 2.67. The number of aromatic amines is 1. The van der Waals surface area contributed by atoms with E-state index in [9.17, 15) is 4.39 Å². The standard InChI is InChI=1S/C18H18FN3O/c1-23-18-8-7-13(19)9-14(18)15(11-20)17-10-16(21-22-17)12-5-3-2-4-6-12/h2-10,15H,11,20H2,1H3,(H,21,22). The molecule has 23 heavy (non-hydrogen) atoms. The molecule has 1 heterocycles. The van der Waals surface area contributed by atoms with Crippen LogP contribution in [0.3, 0.4) is 0 Å². The van der Waals surface area contributed by atoms with Crippen LogP contribution >= 0.6 is 0 Å². The molecule has 0 radical (unpaired) electrons. The lowest BCUT2D eigenvalue weighted by Crippen LogP contribution is -2.15. The highest BCUT2D eigenvalue weighted by molar-refractivity contribution is 5.59. The van der Waals surface area contributed by atoms with Crippen LogP contribution in [0.4, 0.5) is 4.39 Å². The molecule has 3 rings (SSSR count). The smallest absolute Gasteiger partial charge is 0.123 e. The van der Waals surface area contributed by atoms with Crippen LogP contribution in [0.5, 0.6) is 5.75 Å². The lowest BCUT2D eigenvalue weighted by atomic mass is 9.94. The highest BCUT2D eigenvalue weighted by Gasteiger charge is 2.20. The number of aromatic nitrogens is 2. The molecule has 0 fully saturated rings. The van der Waals surface area contributed by atoms with E-state index in [1.54, 1.807) is 13.2 Å². The van der Waals surface area contributed by atoms with Crippen LogP contribution in [0.1, 0.15) is 17.2 Å². The number of nitrogens with zero attached hydrogens (tertiary/aromatic N) is 1. The van der Waals surface area contributed by atoms with E-state index in [0.717, 1.165) is 17.0 Å².